The van der Waals surface area contributed by atoms with E-state index in [1.165, 1.54) is 11.1 Å². The average molecular weight is 423 g/mol. The normalized spacial score (nSPS) is 15.2. The van der Waals surface area contributed by atoms with Crippen LogP contribution in [0, 0.1) is 0 Å². The molecule has 5 nitrogen and oxygen atoms in total. The average Bonchev–Trinajstić information content (AvgIpc) is 3.18. The van der Waals surface area contributed by atoms with Crippen LogP contribution in [0.4, 0.5) is 0 Å². The van der Waals surface area contributed by atoms with Crippen LogP contribution in [0.1, 0.15) is 53.2 Å². The summed E-state index contributed by atoms with van der Waals surface area (Å²) in [6, 6.07) is 13.7. The fourth-order valence-corrected chi connectivity index (χ4v) is 4.26. The summed E-state index contributed by atoms with van der Waals surface area (Å²) in [4.78, 5) is 28.3. The number of phenols is 1. The number of aromatic hydroxyl groups is 1. The van der Waals surface area contributed by atoms with Gasteiger partial charge in [0.2, 0.25) is 5.91 Å². The molecule has 2 aromatic rings. The van der Waals surface area contributed by atoms with E-state index in [4.69, 9.17) is 0 Å². The first-order valence-electron chi connectivity index (χ1n) is 11.2. The zero-order valence-electron chi connectivity index (χ0n) is 18.9. The summed E-state index contributed by atoms with van der Waals surface area (Å²) in [5.74, 6) is 0.637. The number of likely N-dealkylation sites (N-methyl/N-ethyl adjacent to an activating group) is 2. The number of carbonyl (C=O) groups excluding carboxylic acids is 2. The fourth-order valence-electron chi connectivity index (χ4n) is 4.26. The van der Waals surface area contributed by atoms with Gasteiger partial charge in [0.1, 0.15) is 5.75 Å². The van der Waals surface area contributed by atoms with Gasteiger partial charge in [0.25, 0.3) is 0 Å². The Bertz CT molecular complexity index is 925. The van der Waals surface area contributed by atoms with Gasteiger partial charge in [-0.05, 0) is 74.5 Å². The van der Waals surface area contributed by atoms with Crippen molar-refractivity contribution in [3.63, 3.8) is 0 Å². The third-order valence-corrected chi connectivity index (χ3v) is 6.43. The highest BCUT2D eigenvalue weighted by Crippen LogP contribution is 2.27. The number of unbranched alkanes of at least 4 members (excludes halogenated alkanes) is 1. The number of benzene rings is 2. The maximum atomic E-state index is 12.7. The number of rotatable bonds is 10. The SMILES string of the molecule is CC(=O)N(C)C1Cc2ccc(C(=O)CCCCN(C)CCc3ccccc3O)cc2C1. The first-order chi connectivity index (χ1) is 14.8. The molecule has 1 unspecified atom stereocenters. The minimum Gasteiger partial charge on any atom is -0.508 e. The molecule has 2 aromatic carbocycles. The molecule has 0 spiro atoms. The van der Waals surface area contributed by atoms with E-state index >= 15 is 0 Å². The monoisotopic (exact) mass is 422 g/mol. The Kier molecular flexibility index (Phi) is 7.85. The number of amides is 1. The van der Waals surface area contributed by atoms with E-state index in [0.29, 0.717) is 12.2 Å². The van der Waals surface area contributed by atoms with Crippen molar-refractivity contribution >= 4 is 11.7 Å². The molecule has 0 saturated carbocycles. The summed E-state index contributed by atoms with van der Waals surface area (Å²) in [5.41, 5.74) is 4.21. The number of Topliss-reactive ketones (excluding diaryl/α,β-unsaturated/α-hetero) is 1. The molecule has 5 heteroatoms. The third-order valence-electron chi connectivity index (χ3n) is 6.43. The Morgan fingerprint density at radius 2 is 1.74 bits per heavy atom. The van der Waals surface area contributed by atoms with Crippen molar-refractivity contribution in [2.45, 2.75) is 51.5 Å². The lowest BCUT2D eigenvalue weighted by atomic mass is 10.0. The van der Waals surface area contributed by atoms with Gasteiger partial charge in [0, 0.05) is 38.5 Å². The molecule has 1 N–H and O–H groups in total. The largest absolute Gasteiger partial charge is 0.508 e. The maximum Gasteiger partial charge on any atom is 0.219 e. The van der Waals surface area contributed by atoms with Gasteiger partial charge in [0.15, 0.2) is 5.78 Å². The van der Waals surface area contributed by atoms with Crippen molar-refractivity contribution in [3.05, 3.63) is 64.7 Å². The molecule has 1 aliphatic rings. The van der Waals surface area contributed by atoms with Crippen molar-refractivity contribution in [1.29, 1.82) is 0 Å². The molecule has 3 rings (SSSR count). The second-order valence-corrected chi connectivity index (χ2v) is 8.74. The number of hydrogen-bond donors (Lipinski definition) is 1. The van der Waals surface area contributed by atoms with E-state index in [-0.39, 0.29) is 17.7 Å². The number of ketones is 1. The van der Waals surface area contributed by atoms with Gasteiger partial charge >= 0.3 is 0 Å². The first-order valence-corrected chi connectivity index (χ1v) is 11.2. The molecule has 166 valence electrons. The minimum atomic E-state index is 0.0830. The van der Waals surface area contributed by atoms with Crippen molar-refractivity contribution in [2.24, 2.45) is 0 Å². The van der Waals surface area contributed by atoms with Gasteiger partial charge < -0.3 is 14.9 Å². The molecular formula is C26H34N2O3. The van der Waals surface area contributed by atoms with Gasteiger partial charge in [0.05, 0.1) is 0 Å². The molecule has 1 amide bonds. The van der Waals surface area contributed by atoms with Crippen molar-refractivity contribution in [1.82, 2.24) is 9.80 Å². The molecular weight excluding hydrogens is 388 g/mol. The Balaban J connectivity index is 1.40. The number of fused-ring (bicyclic) bond motifs is 1. The van der Waals surface area contributed by atoms with Crippen LogP contribution in [0.25, 0.3) is 0 Å². The summed E-state index contributed by atoms with van der Waals surface area (Å²) in [6.45, 7) is 3.41. The molecule has 0 heterocycles. The Hall–Kier alpha value is -2.66. The summed E-state index contributed by atoms with van der Waals surface area (Å²) < 4.78 is 0. The smallest absolute Gasteiger partial charge is 0.219 e. The molecule has 0 saturated heterocycles. The standard InChI is InChI=1S/C26H34N2O3/c1-19(29)28(3)24-17-21-11-12-22(16-23(21)18-24)26(31)10-6-7-14-27(2)15-13-20-8-4-5-9-25(20)30/h4-5,8-9,11-12,16,24,30H,6-7,10,13-15,17-18H2,1-3H3. The highest BCUT2D eigenvalue weighted by atomic mass is 16.3. The van der Waals surface area contributed by atoms with Gasteiger partial charge in [-0.1, -0.05) is 30.3 Å². The summed E-state index contributed by atoms with van der Waals surface area (Å²) in [6.07, 6.45) is 4.91. The molecule has 31 heavy (non-hydrogen) atoms. The lowest BCUT2D eigenvalue weighted by Gasteiger charge is -2.22. The second kappa shape index (κ2) is 10.6. The van der Waals surface area contributed by atoms with Crippen molar-refractivity contribution in [2.75, 3.05) is 27.2 Å². The quantitative estimate of drug-likeness (QED) is 0.466. The topological polar surface area (TPSA) is 60.9 Å². The van der Waals surface area contributed by atoms with Crippen LogP contribution in [0.2, 0.25) is 0 Å². The van der Waals surface area contributed by atoms with E-state index in [9.17, 15) is 14.7 Å². The number of phenolic OH excluding ortho intramolecular Hbond substituents is 1. The lowest BCUT2D eigenvalue weighted by Crippen LogP contribution is -2.35. The van der Waals surface area contributed by atoms with Gasteiger partial charge in [-0.3, -0.25) is 9.59 Å². The molecule has 0 bridgehead atoms. The summed E-state index contributed by atoms with van der Waals surface area (Å²) in [7, 11) is 3.93. The van der Waals surface area contributed by atoms with Crippen molar-refractivity contribution < 1.29 is 14.7 Å². The summed E-state index contributed by atoms with van der Waals surface area (Å²) in [5, 5.41) is 9.86. The molecule has 1 aliphatic carbocycles. The number of para-hydroxylation sites is 1. The van der Waals surface area contributed by atoms with E-state index in [2.05, 4.69) is 18.0 Å². The molecule has 1 atom stereocenters. The van der Waals surface area contributed by atoms with E-state index in [1.807, 2.05) is 37.4 Å². The minimum absolute atomic E-state index is 0.0830. The van der Waals surface area contributed by atoms with Gasteiger partial charge in [-0.25, -0.2) is 0 Å². The Morgan fingerprint density at radius 3 is 2.48 bits per heavy atom. The highest BCUT2D eigenvalue weighted by Gasteiger charge is 2.26. The predicted molar refractivity (Wildman–Crippen MR) is 124 cm³/mol. The van der Waals surface area contributed by atoms with Crippen LogP contribution in [0.15, 0.2) is 42.5 Å². The van der Waals surface area contributed by atoms with Crippen LogP contribution >= 0.6 is 0 Å². The molecule has 0 aliphatic heterocycles. The number of carbonyl (C=O) groups is 2. The van der Waals surface area contributed by atoms with E-state index in [1.54, 1.807) is 17.9 Å². The molecule has 0 radical (unpaired) electrons. The number of hydrogen-bond acceptors (Lipinski definition) is 4. The maximum absolute atomic E-state index is 12.7. The van der Waals surface area contributed by atoms with Crippen LogP contribution in [-0.4, -0.2) is 59.8 Å². The summed E-state index contributed by atoms with van der Waals surface area (Å²) >= 11 is 0. The lowest BCUT2D eigenvalue weighted by molar-refractivity contribution is -0.129. The van der Waals surface area contributed by atoms with Crippen LogP contribution < -0.4 is 0 Å². The zero-order chi connectivity index (χ0) is 22.4. The molecule has 0 fully saturated rings. The van der Waals surface area contributed by atoms with E-state index < -0.39 is 0 Å². The third kappa shape index (κ3) is 6.17. The van der Waals surface area contributed by atoms with Crippen molar-refractivity contribution in [3.8, 4) is 5.75 Å². The first kappa shape index (κ1) is 23.0. The molecule has 0 aromatic heterocycles. The zero-order valence-corrected chi connectivity index (χ0v) is 18.9. The Morgan fingerprint density at radius 1 is 1.00 bits per heavy atom. The highest BCUT2D eigenvalue weighted by molar-refractivity contribution is 5.96. The van der Waals surface area contributed by atoms with Gasteiger partial charge in [-0.2, -0.15) is 0 Å². The predicted octanol–water partition coefficient (Wildman–Crippen LogP) is 3.87. The fraction of sp³-hybridized carbons (Fsp3) is 0.462. The number of nitrogens with zero attached hydrogens (tertiary/aromatic N) is 2. The van der Waals surface area contributed by atoms with Crippen LogP contribution in [-0.2, 0) is 24.1 Å². The van der Waals surface area contributed by atoms with Crippen LogP contribution in [0.5, 0.6) is 5.75 Å². The second-order valence-electron chi connectivity index (χ2n) is 8.74. The van der Waals surface area contributed by atoms with Gasteiger partial charge in [-0.15, -0.1) is 0 Å². The Labute approximate surface area is 185 Å². The van der Waals surface area contributed by atoms with Crippen LogP contribution in [0.3, 0.4) is 0 Å². The van der Waals surface area contributed by atoms with E-state index in [0.717, 1.165) is 56.3 Å².